The normalized spacial score (nSPS) is 19.1. The van der Waals surface area contributed by atoms with Gasteiger partial charge in [0.15, 0.2) is 5.78 Å². The highest BCUT2D eigenvalue weighted by molar-refractivity contribution is 5.94. The fraction of sp³-hybridized carbons (Fsp3) is 0.400. The lowest BCUT2D eigenvalue weighted by atomic mass is 9.76. The quantitative estimate of drug-likeness (QED) is 0.170. The highest BCUT2D eigenvalue weighted by Crippen LogP contribution is 2.33. The van der Waals surface area contributed by atoms with E-state index in [1.807, 2.05) is 48.6 Å². The average molecular weight is 667 g/mol. The number of amides is 2. The Morgan fingerprint density at radius 3 is 2.22 bits per heavy atom. The monoisotopic (exact) mass is 666 g/mol. The Balaban J connectivity index is 1.28. The number of allylic oxidation sites excluding steroid dienone is 2. The van der Waals surface area contributed by atoms with Crippen LogP contribution in [0.4, 0.5) is 4.79 Å². The van der Waals surface area contributed by atoms with Gasteiger partial charge >= 0.3 is 12.1 Å². The zero-order valence-electron chi connectivity index (χ0n) is 28.7. The summed E-state index contributed by atoms with van der Waals surface area (Å²) in [6.45, 7) is 5.61. The van der Waals surface area contributed by atoms with Crippen molar-refractivity contribution in [1.29, 1.82) is 0 Å². The number of methoxy groups -OCH3 is 1. The highest BCUT2D eigenvalue weighted by atomic mass is 16.6. The number of ether oxygens (including phenoxy) is 3. The number of carbonyl (C=O) groups is 4. The molecule has 2 N–H and O–H groups in total. The number of Topliss-reactive ketones (excluding diaryl/α,β-unsaturated/α-hetero) is 1. The van der Waals surface area contributed by atoms with Crippen molar-refractivity contribution < 1.29 is 33.4 Å². The van der Waals surface area contributed by atoms with Crippen LogP contribution in [0.5, 0.6) is 5.75 Å². The van der Waals surface area contributed by atoms with E-state index in [1.54, 1.807) is 45.0 Å². The van der Waals surface area contributed by atoms with Gasteiger partial charge in [-0.1, -0.05) is 60.7 Å². The molecule has 0 radical (unpaired) electrons. The number of ketones is 1. The summed E-state index contributed by atoms with van der Waals surface area (Å²) in [6, 6.07) is 21.6. The number of nitrogens with one attached hydrogen (secondary N) is 2. The van der Waals surface area contributed by atoms with Gasteiger partial charge in [0.05, 0.1) is 30.7 Å². The third kappa shape index (κ3) is 9.59. The third-order valence-corrected chi connectivity index (χ3v) is 9.00. The Morgan fingerprint density at radius 1 is 0.857 bits per heavy atom. The second-order valence-electron chi connectivity index (χ2n) is 13.7. The van der Waals surface area contributed by atoms with Gasteiger partial charge in [-0.25, -0.2) is 9.59 Å². The van der Waals surface area contributed by atoms with Crippen molar-refractivity contribution in [2.45, 2.75) is 83.6 Å². The van der Waals surface area contributed by atoms with Crippen LogP contribution >= 0.6 is 0 Å². The minimum atomic E-state index is -0.905. The number of aryl methyl sites for hydroxylation is 1. The number of esters is 1. The van der Waals surface area contributed by atoms with Gasteiger partial charge in [0.2, 0.25) is 5.91 Å². The summed E-state index contributed by atoms with van der Waals surface area (Å²) in [5.74, 6) is -1.26. The topological polar surface area (TPSA) is 120 Å². The second kappa shape index (κ2) is 16.0. The van der Waals surface area contributed by atoms with E-state index in [4.69, 9.17) is 14.2 Å². The van der Waals surface area contributed by atoms with Crippen molar-refractivity contribution in [3.63, 3.8) is 0 Å². The van der Waals surface area contributed by atoms with E-state index in [0.29, 0.717) is 30.8 Å². The van der Waals surface area contributed by atoms with Crippen molar-refractivity contribution >= 4 is 23.8 Å². The molecule has 0 fully saturated rings. The molecule has 258 valence electrons. The third-order valence-electron chi connectivity index (χ3n) is 9.00. The molecule has 0 saturated heterocycles. The molecule has 2 aliphatic rings. The molecule has 5 rings (SSSR count). The molecule has 2 amide bonds. The van der Waals surface area contributed by atoms with Crippen molar-refractivity contribution in [3.8, 4) is 5.75 Å². The number of alkyl carbamates (subject to hydrolysis) is 1. The van der Waals surface area contributed by atoms with Gasteiger partial charge < -0.3 is 24.8 Å². The van der Waals surface area contributed by atoms with Gasteiger partial charge in [0.25, 0.3) is 0 Å². The molecular formula is C40H46N2O7. The van der Waals surface area contributed by atoms with Crippen LogP contribution in [-0.2, 0) is 38.5 Å². The Bertz CT molecular complexity index is 1660. The van der Waals surface area contributed by atoms with Crippen molar-refractivity contribution in [2.75, 3.05) is 7.11 Å². The van der Waals surface area contributed by atoms with E-state index in [-0.39, 0.29) is 24.2 Å². The summed E-state index contributed by atoms with van der Waals surface area (Å²) in [7, 11) is 1.34. The Morgan fingerprint density at radius 2 is 1.53 bits per heavy atom. The van der Waals surface area contributed by atoms with E-state index in [2.05, 4.69) is 22.8 Å². The average Bonchev–Trinajstić information content (AvgIpc) is 3.10. The lowest BCUT2D eigenvalue weighted by molar-refractivity contribution is -0.135. The molecule has 9 heteroatoms. The van der Waals surface area contributed by atoms with Gasteiger partial charge in [-0.2, -0.15) is 0 Å². The maximum Gasteiger partial charge on any atom is 0.408 e. The first-order valence-electron chi connectivity index (χ1n) is 17.0. The summed E-state index contributed by atoms with van der Waals surface area (Å²) in [6.07, 6.45) is 7.15. The molecule has 0 bridgehead atoms. The predicted molar refractivity (Wildman–Crippen MR) is 186 cm³/mol. The van der Waals surface area contributed by atoms with Gasteiger partial charge in [0.1, 0.15) is 18.0 Å². The molecule has 9 nitrogen and oxygen atoms in total. The molecular weight excluding hydrogens is 620 g/mol. The van der Waals surface area contributed by atoms with E-state index < -0.39 is 35.5 Å². The van der Waals surface area contributed by atoms with Crippen LogP contribution in [0.15, 0.2) is 84.9 Å². The fourth-order valence-electron chi connectivity index (χ4n) is 6.51. The highest BCUT2D eigenvalue weighted by Gasteiger charge is 2.39. The molecule has 0 saturated carbocycles. The van der Waals surface area contributed by atoms with Gasteiger partial charge in [-0.15, -0.1) is 0 Å². The standard InChI is InChI=1S/C40H46N2O7/c1-40(2,3)49-39(46)42-35(24-26-18-22-30(23-19-26)48-25-27-16-20-29(21-17-27)38(45)47-4)36(43)32-13-7-8-14-33(32)37(44)41-34-15-9-11-28-10-5-6-12-31(28)34/h5-8,10,12,16-23,32-35H,9,11,13-15,24-25H2,1-4H3,(H,41,44)(H,42,46)/t32-,33+,34-,35+/m1/s1. The van der Waals surface area contributed by atoms with E-state index in [1.165, 1.54) is 12.7 Å². The summed E-state index contributed by atoms with van der Waals surface area (Å²) in [4.78, 5) is 52.7. The first kappa shape index (κ1) is 35.4. The largest absolute Gasteiger partial charge is 0.489 e. The van der Waals surface area contributed by atoms with Crippen molar-refractivity contribution in [2.24, 2.45) is 11.8 Å². The first-order valence-corrected chi connectivity index (χ1v) is 17.0. The number of benzene rings is 3. The lowest BCUT2D eigenvalue weighted by Crippen LogP contribution is -2.50. The molecule has 3 aromatic carbocycles. The molecule has 0 heterocycles. The Kier molecular flexibility index (Phi) is 11.5. The molecule has 0 spiro atoms. The molecule has 0 aliphatic heterocycles. The predicted octanol–water partition coefficient (Wildman–Crippen LogP) is 6.83. The molecule has 0 unspecified atom stereocenters. The molecule has 0 aromatic heterocycles. The minimum absolute atomic E-state index is 0.0882. The Hall–Kier alpha value is -4.92. The molecule has 49 heavy (non-hydrogen) atoms. The van der Waals surface area contributed by atoms with Crippen LogP contribution in [0.1, 0.15) is 85.1 Å². The van der Waals surface area contributed by atoms with Crippen LogP contribution in [0, 0.1) is 11.8 Å². The Labute approximate surface area is 288 Å². The maximum atomic E-state index is 14.3. The van der Waals surface area contributed by atoms with E-state index in [0.717, 1.165) is 36.0 Å². The lowest BCUT2D eigenvalue weighted by Gasteiger charge is -2.33. The zero-order chi connectivity index (χ0) is 35.0. The SMILES string of the molecule is COC(=O)c1ccc(COc2ccc(C[C@H](NC(=O)OC(C)(C)C)C(=O)[C@@H]3CC=CC[C@@H]3C(=O)N[C@@H]3CCCc4ccccc43)cc2)cc1. The smallest absolute Gasteiger partial charge is 0.408 e. The van der Waals surface area contributed by atoms with E-state index in [9.17, 15) is 19.2 Å². The number of rotatable bonds is 11. The van der Waals surface area contributed by atoms with Crippen LogP contribution in [-0.4, -0.2) is 42.5 Å². The summed E-state index contributed by atoms with van der Waals surface area (Å²) in [5.41, 5.74) is 3.81. The minimum Gasteiger partial charge on any atom is -0.489 e. The number of hydrogen-bond acceptors (Lipinski definition) is 7. The molecule has 3 aromatic rings. The van der Waals surface area contributed by atoms with Crippen molar-refractivity contribution in [1.82, 2.24) is 10.6 Å². The van der Waals surface area contributed by atoms with Crippen LogP contribution in [0.25, 0.3) is 0 Å². The zero-order valence-corrected chi connectivity index (χ0v) is 28.7. The van der Waals surface area contributed by atoms with Crippen LogP contribution in [0.3, 0.4) is 0 Å². The van der Waals surface area contributed by atoms with Gasteiger partial charge in [-0.05, 0) is 106 Å². The molecule has 4 atom stereocenters. The van der Waals surface area contributed by atoms with Crippen molar-refractivity contribution in [3.05, 3.63) is 113 Å². The fourth-order valence-corrected chi connectivity index (χ4v) is 6.51. The molecule has 2 aliphatic carbocycles. The van der Waals surface area contributed by atoms with Gasteiger partial charge in [-0.3, -0.25) is 9.59 Å². The summed E-state index contributed by atoms with van der Waals surface area (Å²) < 4.78 is 16.2. The number of fused-ring (bicyclic) bond motifs is 1. The van der Waals surface area contributed by atoms with Gasteiger partial charge in [0, 0.05) is 5.92 Å². The van der Waals surface area contributed by atoms with Crippen LogP contribution < -0.4 is 15.4 Å². The maximum absolute atomic E-state index is 14.3. The number of carbonyl (C=O) groups excluding carboxylic acids is 4. The first-order chi connectivity index (χ1) is 23.5. The number of hydrogen-bond donors (Lipinski definition) is 2. The second-order valence-corrected chi connectivity index (χ2v) is 13.7. The van der Waals surface area contributed by atoms with Crippen LogP contribution in [0.2, 0.25) is 0 Å². The summed E-state index contributed by atoms with van der Waals surface area (Å²) >= 11 is 0. The van der Waals surface area contributed by atoms with E-state index >= 15 is 0 Å². The summed E-state index contributed by atoms with van der Waals surface area (Å²) in [5, 5.41) is 6.08.